The first-order valence-corrected chi connectivity index (χ1v) is 6.26. The molecular weight excluding hydrogens is 311 g/mol. The van der Waals surface area contributed by atoms with Crippen LogP contribution in [0.15, 0.2) is 22.7 Å². The highest BCUT2D eigenvalue weighted by Gasteiger charge is 2.30. The number of hydrogen-bond donors (Lipinski definition) is 1. The molecule has 0 aliphatic carbocycles. The fourth-order valence-corrected chi connectivity index (χ4v) is 1.93. The van der Waals surface area contributed by atoms with Gasteiger partial charge in [-0.05, 0) is 47.5 Å². The van der Waals surface area contributed by atoms with Gasteiger partial charge in [0.15, 0.2) is 0 Å². The molecule has 0 amide bonds. The number of rotatable bonds is 5. The summed E-state index contributed by atoms with van der Waals surface area (Å²) in [7, 11) is 1.61. The highest BCUT2D eigenvalue weighted by Crippen LogP contribution is 2.34. The Morgan fingerprint density at radius 1 is 1.39 bits per heavy atom. The normalized spacial score (nSPS) is 13.4. The maximum absolute atomic E-state index is 12.5. The van der Waals surface area contributed by atoms with Gasteiger partial charge in [-0.1, -0.05) is 0 Å². The summed E-state index contributed by atoms with van der Waals surface area (Å²) in [6, 6.07) is 3.69. The van der Waals surface area contributed by atoms with E-state index in [2.05, 4.69) is 21.2 Å². The smallest absolute Gasteiger partial charge is 0.385 e. The van der Waals surface area contributed by atoms with Crippen LogP contribution in [0.25, 0.3) is 0 Å². The van der Waals surface area contributed by atoms with Crippen molar-refractivity contribution in [1.29, 1.82) is 0 Å². The molecule has 0 aliphatic rings. The predicted molar refractivity (Wildman–Crippen MR) is 68.7 cm³/mol. The molecule has 0 saturated heterocycles. The number of ether oxygens (including phenoxy) is 1. The summed E-state index contributed by atoms with van der Waals surface area (Å²) in [5.41, 5.74) is -0.0175. The van der Waals surface area contributed by atoms with Gasteiger partial charge in [0.25, 0.3) is 0 Å². The third kappa shape index (κ3) is 4.49. The number of anilines is 1. The predicted octanol–water partition coefficient (Wildman–Crippen LogP) is 4.30. The fourth-order valence-electron chi connectivity index (χ4n) is 1.44. The Morgan fingerprint density at radius 3 is 2.56 bits per heavy atom. The van der Waals surface area contributed by atoms with Gasteiger partial charge >= 0.3 is 6.18 Å². The van der Waals surface area contributed by atoms with E-state index >= 15 is 0 Å². The molecule has 1 aromatic rings. The fraction of sp³-hybridized carbons (Fsp3) is 0.500. The highest BCUT2D eigenvalue weighted by atomic mass is 79.9. The Hall–Kier alpha value is -0.750. The largest absolute Gasteiger partial charge is 0.416 e. The van der Waals surface area contributed by atoms with Crippen molar-refractivity contribution in [2.45, 2.75) is 25.6 Å². The van der Waals surface area contributed by atoms with Crippen LogP contribution >= 0.6 is 15.9 Å². The Kier molecular flexibility index (Phi) is 5.47. The Balaban J connectivity index is 2.74. The summed E-state index contributed by atoms with van der Waals surface area (Å²) < 4.78 is 42.8. The number of alkyl halides is 3. The van der Waals surface area contributed by atoms with Gasteiger partial charge in [0.1, 0.15) is 0 Å². The maximum atomic E-state index is 12.5. The zero-order valence-corrected chi connectivity index (χ0v) is 11.7. The number of halogens is 4. The molecule has 0 heterocycles. The molecule has 0 bridgehead atoms. The first kappa shape index (κ1) is 15.3. The molecule has 0 spiro atoms. The van der Waals surface area contributed by atoms with Gasteiger partial charge in [-0.25, -0.2) is 0 Å². The van der Waals surface area contributed by atoms with Crippen LogP contribution < -0.4 is 5.32 Å². The summed E-state index contributed by atoms with van der Waals surface area (Å²) in [5.74, 6) is 0. The molecule has 0 saturated carbocycles. The zero-order chi connectivity index (χ0) is 13.8. The van der Waals surface area contributed by atoms with Crippen molar-refractivity contribution >= 4 is 21.6 Å². The van der Waals surface area contributed by atoms with E-state index in [9.17, 15) is 13.2 Å². The third-order valence-electron chi connectivity index (χ3n) is 2.45. The molecule has 1 aromatic carbocycles. The zero-order valence-electron chi connectivity index (χ0n) is 10.1. The molecular formula is C12H15BrF3NO. The van der Waals surface area contributed by atoms with Gasteiger partial charge in [0.05, 0.1) is 5.56 Å². The van der Waals surface area contributed by atoms with Gasteiger partial charge in [0, 0.05) is 29.9 Å². The Labute approximate surface area is 113 Å². The number of hydrogen-bond acceptors (Lipinski definition) is 2. The van der Waals surface area contributed by atoms with Crippen molar-refractivity contribution in [3.05, 3.63) is 28.2 Å². The average Bonchev–Trinajstić information content (AvgIpc) is 2.27. The van der Waals surface area contributed by atoms with Crippen molar-refractivity contribution in [2.24, 2.45) is 0 Å². The first-order chi connectivity index (χ1) is 8.34. The molecule has 2 nitrogen and oxygen atoms in total. The second-order valence-electron chi connectivity index (χ2n) is 4.02. The standard InChI is InChI=1S/C12H15BrF3NO/c1-8(5-6-18-2)17-11-4-3-9(7-10(11)13)12(14,15)16/h3-4,7-8,17H,5-6H2,1-2H3. The minimum absolute atomic E-state index is 0.123. The topological polar surface area (TPSA) is 21.3 Å². The molecule has 0 aliphatic heterocycles. The SMILES string of the molecule is COCCC(C)Nc1ccc(C(F)(F)F)cc1Br. The van der Waals surface area contributed by atoms with Crippen LogP contribution in [0.1, 0.15) is 18.9 Å². The van der Waals surface area contributed by atoms with E-state index in [0.29, 0.717) is 16.8 Å². The Morgan fingerprint density at radius 2 is 2.06 bits per heavy atom. The van der Waals surface area contributed by atoms with Crippen LogP contribution in [0.3, 0.4) is 0 Å². The lowest BCUT2D eigenvalue weighted by molar-refractivity contribution is -0.137. The quantitative estimate of drug-likeness (QED) is 0.871. The van der Waals surface area contributed by atoms with E-state index < -0.39 is 11.7 Å². The van der Waals surface area contributed by atoms with E-state index in [1.165, 1.54) is 6.07 Å². The lowest BCUT2D eigenvalue weighted by Gasteiger charge is -2.17. The second kappa shape index (κ2) is 6.43. The molecule has 0 radical (unpaired) electrons. The molecule has 1 atom stereocenters. The van der Waals surface area contributed by atoms with Crippen LogP contribution in [-0.4, -0.2) is 19.8 Å². The summed E-state index contributed by atoms with van der Waals surface area (Å²) in [6.45, 7) is 2.55. The van der Waals surface area contributed by atoms with Crippen LogP contribution in [0.2, 0.25) is 0 Å². The van der Waals surface area contributed by atoms with Crippen molar-refractivity contribution in [1.82, 2.24) is 0 Å². The number of methoxy groups -OCH3 is 1. The van der Waals surface area contributed by atoms with Crippen molar-refractivity contribution in [3.8, 4) is 0 Å². The van der Waals surface area contributed by atoms with Crippen LogP contribution in [-0.2, 0) is 10.9 Å². The maximum Gasteiger partial charge on any atom is 0.416 e. The monoisotopic (exact) mass is 325 g/mol. The van der Waals surface area contributed by atoms with Crippen molar-refractivity contribution in [2.75, 3.05) is 19.0 Å². The summed E-state index contributed by atoms with van der Waals surface area (Å²) in [5, 5.41) is 3.13. The van der Waals surface area contributed by atoms with E-state index in [-0.39, 0.29) is 6.04 Å². The lowest BCUT2D eigenvalue weighted by Crippen LogP contribution is -2.17. The van der Waals surface area contributed by atoms with E-state index in [1.807, 2.05) is 6.92 Å². The summed E-state index contributed by atoms with van der Waals surface area (Å²) in [6.07, 6.45) is -3.54. The van der Waals surface area contributed by atoms with Crippen LogP contribution in [0.5, 0.6) is 0 Å². The van der Waals surface area contributed by atoms with Gasteiger partial charge in [-0.3, -0.25) is 0 Å². The molecule has 0 fully saturated rings. The van der Waals surface area contributed by atoms with E-state index in [1.54, 1.807) is 7.11 Å². The molecule has 1 unspecified atom stereocenters. The number of benzene rings is 1. The van der Waals surface area contributed by atoms with E-state index in [4.69, 9.17) is 4.74 Å². The molecule has 102 valence electrons. The highest BCUT2D eigenvalue weighted by molar-refractivity contribution is 9.10. The minimum Gasteiger partial charge on any atom is -0.385 e. The van der Waals surface area contributed by atoms with Crippen LogP contribution in [0.4, 0.5) is 18.9 Å². The summed E-state index contributed by atoms with van der Waals surface area (Å²) in [4.78, 5) is 0. The summed E-state index contributed by atoms with van der Waals surface area (Å²) >= 11 is 3.14. The second-order valence-corrected chi connectivity index (χ2v) is 4.87. The van der Waals surface area contributed by atoms with Gasteiger partial charge in [-0.15, -0.1) is 0 Å². The molecule has 6 heteroatoms. The average molecular weight is 326 g/mol. The molecule has 1 N–H and O–H groups in total. The van der Waals surface area contributed by atoms with E-state index in [0.717, 1.165) is 18.6 Å². The molecule has 1 rings (SSSR count). The Bertz CT molecular complexity index is 395. The van der Waals surface area contributed by atoms with Gasteiger partial charge in [0.2, 0.25) is 0 Å². The third-order valence-corrected chi connectivity index (χ3v) is 3.11. The molecule has 18 heavy (non-hydrogen) atoms. The van der Waals surface area contributed by atoms with Crippen molar-refractivity contribution in [3.63, 3.8) is 0 Å². The van der Waals surface area contributed by atoms with Gasteiger partial charge < -0.3 is 10.1 Å². The number of nitrogens with one attached hydrogen (secondary N) is 1. The van der Waals surface area contributed by atoms with Gasteiger partial charge in [-0.2, -0.15) is 13.2 Å². The lowest BCUT2D eigenvalue weighted by atomic mass is 10.1. The minimum atomic E-state index is -4.32. The molecule has 0 aromatic heterocycles. The van der Waals surface area contributed by atoms with Crippen LogP contribution in [0, 0.1) is 0 Å². The first-order valence-electron chi connectivity index (χ1n) is 5.47. The van der Waals surface area contributed by atoms with Crippen molar-refractivity contribution < 1.29 is 17.9 Å².